The summed E-state index contributed by atoms with van der Waals surface area (Å²) in [4.78, 5) is 0. The van der Waals surface area contributed by atoms with Crippen LogP contribution in [0.25, 0.3) is 0 Å². The van der Waals surface area contributed by atoms with Gasteiger partial charge in [-0.3, -0.25) is 0 Å². The van der Waals surface area contributed by atoms with Gasteiger partial charge in [-0.2, -0.15) is 0 Å². The van der Waals surface area contributed by atoms with Crippen LogP contribution in [0.2, 0.25) is 0 Å². The fraction of sp³-hybridized carbons (Fsp3) is 0.800. The Morgan fingerprint density at radius 2 is 2.14 bits per heavy atom. The van der Waals surface area contributed by atoms with Crippen LogP contribution in [0.4, 0.5) is 0 Å². The van der Waals surface area contributed by atoms with Crippen molar-refractivity contribution in [2.75, 3.05) is 0 Å². The van der Waals surface area contributed by atoms with Gasteiger partial charge in [-0.15, -0.1) is 0 Å². The average Bonchev–Trinajstić information content (AvgIpc) is 1.91. The standard InChI is InChI=1S/C5H9O2/c6-4-2-1-3-5(4)7/h2,4-7H,1,3H2. The van der Waals surface area contributed by atoms with E-state index in [2.05, 4.69) is 0 Å². The van der Waals surface area contributed by atoms with Gasteiger partial charge in [-0.25, -0.2) is 0 Å². The molecule has 2 atom stereocenters. The number of aliphatic hydroxyl groups is 2. The zero-order valence-electron chi connectivity index (χ0n) is 4.04. The van der Waals surface area contributed by atoms with Crippen molar-refractivity contribution >= 4 is 0 Å². The molecule has 2 unspecified atom stereocenters. The molecular weight excluding hydrogens is 92.1 g/mol. The van der Waals surface area contributed by atoms with Crippen molar-refractivity contribution in [2.24, 2.45) is 0 Å². The highest BCUT2D eigenvalue weighted by Gasteiger charge is 2.21. The third-order valence-corrected chi connectivity index (χ3v) is 1.26. The first-order valence-corrected chi connectivity index (χ1v) is 2.50. The molecule has 1 saturated carbocycles. The van der Waals surface area contributed by atoms with Crippen molar-refractivity contribution < 1.29 is 10.2 Å². The Labute approximate surface area is 42.8 Å². The van der Waals surface area contributed by atoms with Crippen molar-refractivity contribution in [1.29, 1.82) is 0 Å². The summed E-state index contributed by atoms with van der Waals surface area (Å²) >= 11 is 0. The molecule has 1 fully saturated rings. The molecule has 0 spiro atoms. The van der Waals surface area contributed by atoms with E-state index in [9.17, 15) is 0 Å². The van der Waals surface area contributed by atoms with E-state index in [1.54, 1.807) is 6.42 Å². The monoisotopic (exact) mass is 101 g/mol. The van der Waals surface area contributed by atoms with Crippen LogP contribution in [0.3, 0.4) is 0 Å². The first-order chi connectivity index (χ1) is 3.30. The summed E-state index contributed by atoms with van der Waals surface area (Å²) in [7, 11) is 0. The number of rotatable bonds is 0. The summed E-state index contributed by atoms with van der Waals surface area (Å²) in [6.45, 7) is 0. The Balaban J connectivity index is 2.33. The highest BCUT2D eigenvalue weighted by atomic mass is 16.3. The van der Waals surface area contributed by atoms with Crippen molar-refractivity contribution in [1.82, 2.24) is 0 Å². The quantitative estimate of drug-likeness (QED) is 0.440. The maximum absolute atomic E-state index is 8.72. The van der Waals surface area contributed by atoms with Crippen LogP contribution < -0.4 is 0 Å². The topological polar surface area (TPSA) is 40.5 Å². The zero-order valence-corrected chi connectivity index (χ0v) is 4.04. The molecule has 0 aromatic carbocycles. The summed E-state index contributed by atoms with van der Waals surface area (Å²) in [5.74, 6) is 0. The van der Waals surface area contributed by atoms with Gasteiger partial charge in [0.15, 0.2) is 0 Å². The second kappa shape index (κ2) is 1.80. The normalized spacial score (nSPS) is 42.0. The Hall–Kier alpha value is -0.0800. The van der Waals surface area contributed by atoms with Gasteiger partial charge in [0.25, 0.3) is 0 Å². The molecule has 2 heteroatoms. The van der Waals surface area contributed by atoms with Gasteiger partial charge in [0.05, 0.1) is 12.2 Å². The highest BCUT2D eigenvalue weighted by Crippen LogP contribution is 2.16. The zero-order chi connectivity index (χ0) is 5.28. The third-order valence-electron chi connectivity index (χ3n) is 1.26. The van der Waals surface area contributed by atoms with Crippen LogP contribution >= 0.6 is 0 Å². The Kier molecular flexibility index (Phi) is 1.30. The molecule has 1 radical (unpaired) electrons. The summed E-state index contributed by atoms with van der Waals surface area (Å²) in [5, 5.41) is 17.4. The van der Waals surface area contributed by atoms with E-state index < -0.39 is 12.2 Å². The minimum Gasteiger partial charge on any atom is -0.390 e. The Bertz CT molecular complexity index is 55.1. The van der Waals surface area contributed by atoms with E-state index in [0.29, 0.717) is 0 Å². The third kappa shape index (κ3) is 0.924. The van der Waals surface area contributed by atoms with Gasteiger partial charge in [0.1, 0.15) is 0 Å². The van der Waals surface area contributed by atoms with Crippen molar-refractivity contribution in [3.05, 3.63) is 6.42 Å². The van der Waals surface area contributed by atoms with Crippen LogP contribution in [0.5, 0.6) is 0 Å². The van der Waals surface area contributed by atoms with E-state index in [4.69, 9.17) is 10.2 Å². The van der Waals surface area contributed by atoms with Crippen LogP contribution in [-0.2, 0) is 0 Å². The molecule has 0 aliphatic heterocycles. The van der Waals surface area contributed by atoms with Crippen molar-refractivity contribution in [3.63, 3.8) is 0 Å². The van der Waals surface area contributed by atoms with Gasteiger partial charge >= 0.3 is 0 Å². The predicted octanol–water partition coefficient (Wildman–Crippen LogP) is -0.294. The average molecular weight is 101 g/mol. The van der Waals surface area contributed by atoms with E-state index in [1.807, 2.05) is 0 Å². The second-order valence-corrected chi connectivity index (χ2v) is 1.87. The maximum Gasteiger partial charge on any atom is 0.0830 e. The lowest BCUT2D eigenvalue weighted by atomic mass is 10.3. The molecule has 1 aliphatic rings. The van der Waals surface area contributed by atoms with E-state index in [-0.39, 0.29) is 0 Å². The van der Waals surface area contributed by atoms with Gasteiger partial charge in [0, 0.05) is 0 Å². The molecule has 41 valence electrons. The molecule has 1 aliphatic carbocycles. The highest BCUT2D eigenvalue weighted by molar-refractivity contribution is 4.89. The Morgan fingerprint density at radius 3 is 2.29 bits per heavy atom. The van der Waals surface area contributed by atoms with Crippen LogP contribution in [0.1, 0.15) is 12.8 Å². The molecule has 0 amide bonds. The molecular formula is C5H9O2. The molecule has 0 bridgehead atoms. The number of aliphatic hydroxyl groups excluding tert-OH is 2. The van der Waals surface area contributed by atoms with Crippen LogP contribution in [-0.4, -0.2) is 22.4 Å². The summed E-state index contributed by atoms with van der Waals surface area (Å²) < 4.78 is 0. The molecule has 2 nitrogen and oxygen atoms in total. The lowest BCUT2D eigenvalue weighted by molar-refractivity contribution is 0.0587. The lowest BCUT2D eigenvalue weighted by Gasteiger charge is -2.03. The smallest absolute Gasteiger partial charge is 0.0830 e. The number of hydrogen-bond acceptors (Lipinski definition) is 2. The van der Waals surface area contributed by atoms with Gasteiger partial charge < -0.3 is 10.2 Å². The maximum atomic E-state index is 8.72. The van der Waals surface area contributed by atoms with E-state index in [0.717, 1.165) is 12.8 Å². The summed E-state index contributed by atoms with van der Waals surface area (Å²) in [5.41, 5.74) is 0. The first-order valence-electron chi connectivity index (χ1n) is 2.50. The van der Waals surface area contributed by atoms with E-state index in [1.165, 1.54) is 0 Å². The minimum absolute atomic E-state index is 0.486. The molecule has 0 aromatic heterocycles. The van der Waals surface area contributed by atoms with Crippen molar-refractivity contribution in [2.45, 2.75) is 25.0 Å². The van der Waals surface area contributed by atoms with Gasteiger partial charge in [0.2, 0.25) is 0 Å². The second-order valence-electron chi connectivity index (χ2n) is 1.87. The molecule has 0 aromatic rings. The molecule has 7 heavy (non-hydrogen) atoms. The minimum atomic E-state index is -0.556. The molecule has 2 N–H and O–H groups in total. The summed E-state index contributed by atoms with van der Waals surface area (Å²) in [6.07, 6.45) is 2.26. The van der Waals surface area contributed by atoms with Gasteiger partial charge in [-0.1, -0.05) is 0 Å². The number of hydrogen-bond donors (Lipinski definition) is 2. The largest absolute Gasteiger partial charge is 0.390 e. The van der Waals surface area contributed by atoms with Crippen molar-refractivity contribution in [3.8, 4) is 0 Å². The molecule has 1 rings (SSSR count). The molecule has 0 heterocycles. The summed E-state index contributed by atoms with van der Waals surface area (Å²) in [6, 6.07) is 0. The van der Waals surface area contributed by atoms with Crippen LogP contribution in [0.15, 0.2) is 0 Å². The predicted molar refractivity (Wildman–Crippen MR) is 25.5 cm³/mol. The first kappa shape index (κ1) is 5.06. The lowest BCUT2D eigenvalue weighted by Crippen LogP contribution is -2.17. The Morgan fingerprint density at radius 1 is 1.43 bits per heavy atom. The van der Waals surface area contributed by atoms with Gasteiger partial charge in [-0.05, 0) is 19.3 Å². The van der Waals surface area contributed by atoms with Crippen LogP contribution in [0, 0.1) is 6.42 Å². The molecule has 0 saturated heterocycles. The van der Waals surface area contributed by atoms with E-state index >= 15 is 0 Å². The SMILES string of the molecule is OC1[CH]CCC1O. The fourth-order valence-corrected chi connectivity index (χ4v) is 0.766. The fourth-order valence-electron chi connectivity index (χ4n) is 0.766.